The maximum Gasteiger partial charge on any atom is 0.350 e. The molecule has 21 heavy (non-hydrogen) atoms. The molecule has 3 rings (SSSR count). The third-order valence-corrected chi connectivity index (χ3v) is 3.13. The molecule has 0 amide bonds. The van der Waals surface area contributed by atoms with Gasteiger partial charge in [0.05, 0.1) is 6.54 Å². The number of nitrogens with zero attached hydrogens (tertiary/aromatic N) is 3. The molecule has 0 bridgehead atoms. The van der Waals surface area contributed by atoms with Gasteiger partial charge in [-0.25, -0.2) is 9.48 Å². The van der Waals surface area contributed by atoms with Gasteiger partial charge in [-0.2, -0.15) is 0 Å². The van der Waals surface area contributed by atoms with Crippen LogP contribution in [-0.2, 0) is 6.54 Å². The normalized spacial score (nSPS) is 10.3. The van der Waals surface area contributed by atoms with E-state index in [4.69, 9.17) is 5.11 Å². The Kier molecular flexibility index (Phi) is 3.54. The number of aromatic nitrogens is 3. The SMILES string of the molecule is O=c1n(Cc2ccccc2C#CCO)nc2ccccn12. The summed E-state index contributed by atoms with van der Waals surface area (Å²) in [6, 6.07) is 12.9. The van der Waals surface area contributed by atoms with Crippen molar-refractivity contribution in [3.63, 3.8) is 0 Å². The molecule has 104 valence electrons. The van der Waals surface area contributed by atoms with Crippen LogP contribution in [0.25, 0.3) is 5.65 Å². The molecule has 0 aliphatic rings. The van der Waals surface area contributed by atoms with Crippen LogP contribution in [0.1, 0.15) is 11.1 Å². The second-order valence-corrected chi connectivity index (χ2v) is 4.49. The molecule has 0 atom stereocenters. The summed E-state index contributed by atoms with van der Waals surface area (Å²) in [5, 5.41) is 13.1. The van der Waals surface area contributed by atoms with Gasteiger partial charge in [0.1, 0.15) is 6.61 Å². The summed E-state index contributed by atoms with van der Waals surface area (Å²) >= 11 is 0. The highest BCUT2D eigenvalue weighted by atomic mass is 16.2. The zero-order valence-electron chi connectivity index (χ0n) is 11.2. The van der Waals surface area contributed by atoms with E-state index in [2.05, 4.69) is 16.9 Å². The van der Waals surface area contributed by atoms with E-state index in [1.54, 1.807) is 18.3 Å². The molecule has 0 saturated heterocycles. The molecule has 0 unspecified atom stereocenters. The van der Waals surface area contributed by atoms with Gasteiger partial charge < -0.3 is 5.11 Å². The van der Waals surface area contributed by atoms with Crippen molar-refractivity contribution in [3.8, 4) is 11.8 Å². The predicted octanol–water partition coefficient (Wildman–Crippen LogP) is 0.888. The van der Waals surface area contributed by atoms with Crippen LogP contribution in [0.2, 0.25) is 0 Å². The summed E-state index contributed by atoms with van der Waals surface area (Å²) in [6.45, 7) is 0.152. The van der Waals surface area contributed by atoms with Crippen molar-refractivity contribution in [2.45, 2.75) is 6.54 Å². The third-order valence-electron chi connectivity index (χ3n) is 3.13. The highest BCUT2D eigenvalue weighted by Gasteiger charge is 2.08. The summed E-state index contributed by atoms with van der Waals surface area (Å²) in [7, 11) is 0. The average Bonchev–Trinajstić information content (AvgIpc) is 2.83. The number of hydrogen-bond acceptors (Lipinski definition) is 3. The van der Waals surface area contributed by atoms with E-state index in [0.717, 1.165) is 11.1 Å². The van der Waals surface area contributed by atoms with Crippen molar-refractivity contribution in [1.29, 1.82) is 0 Å². The number of aliphatic hydroxyl groups is 1. The smallest absolute Gasteiger partial charge is 0.350 e. The molecule has 2 aromatic heterocycles. The number of rotatable bonds is 2. The first-order valence-corrected chi connectivity index (χ1v) is 6.51. The van der Waals surface area contributed by atoms with E-state index < -0.39 is 0 Å². The van der Waals surface area contributed by atoms with Crippen LogP contribution < -0.4 is 5.69 Å². The van der Waals surface area contributed by atoms with Crippen molar-refractivity contribution in [2.24, 2.45) is 0 Å². The van der Waals surface area contributed by atoms with Crippen molar-refractivity contribution < 1.29 is 5.11 Å². The van der Waals surface area contributed by atoms with E-state index >= 15 is 0 Å². The predicted molar refractivity (Wildman–Crippen MR) is 79.0 cm³/mol. The number of pyridine rings is 1. The number of fused-ring (bicyclic) bond motifs is 1. The Morgan fingerprint density at radius 1 is 1.14 bits per heavy atom. The second kappa shape index (κ2) is 5.65. The Labute approximate surface area is 121 Å². The van der Waals surface area contributed by atoms with Gasteiger partial charge in [-0.1, -0.05) is 36.1 Å². The molecular formula is C16H13N3O2. The molecule has 2 heterocycles. The third kappa shape index (κ3) is 2.57. The van der Waals surface area contributed by atoms with Crippen molar-refractivity contribution in [2.75, 3.05) is 6.61 Å². The van der Waals surface area contributed by atoms with Gasteiger partial charge in [-0.3, -0.25) is 4.40 Å². The fraction of sp³-hybridized carbons (Fsp3) is 0.125. The number of benzene rings is 1. The van der Waals surface area contributed by atoms with Gasteiger partial charge in [0.25, 0.3) is 0 Å². The van der Waals surface area contributed by atoms with Crippen molar-refractivity contribution in [1.82, 2.24) is 14.2 Å². The second-order valence-electron chi connectivity index (χ2n) is 4.49. The molecule has 0 aliphatic carbocycles. The minimum absolute atomic E-state index is 0.185. The van der Waals surface area contributed by atoms with Gasteiger partial charge in [0.15, 0.2) is 5.65 Å². The minimum atomic E-state index is -0.192. The van der Waals surface area contributed by atoms with E-state index in [1.807, 2.05) is 30.3 Å². The number of hydrogen-bond donors (Lipinski definition) is 1. The average molecular weight is 279 g/mol. The first-order valence-electron chi connectivity index (χ1n) is 6.51. The summed E-state index contributed by atoms with van der Waals surface area (Å²) in [6.07, 6.45) is 1.69. The zero-order valence-corrected chi connectivity index (χ0v) is 11.2. The van der Waals surface area contributed by atoms with Crippen LogP contribution in [0.5, 0.6) is 0 Å². The Hall–Kier alpha value is -2.84. The molecular weight excluding hydrogens is 266 g/mol. The fourth-order valence-electron chi connectivity index (χ4n) is 2.15. The summed E-state index contributed by atoms with van der Waals surface area (Å²) < 4.78 is 2.91. The monoisotopic (exact) mass is 279 g/mol. The fourth-order valence-corrected chi connectivity index (χ4v) is 2.15. The summed E-state index contributed by atoms with van der Waals surface area (Å²) in [4.78, 5) is 12.2. The van der Waals surface area contributed by atoms with E-state index in [0.29, 0.717) is 12.2 Å². The van der Waals surface area contributed by atoms with E-state index in [9.17, 15) is 4.79 Å². The van der Waals surface area contributed by atoms with Crippen molar-refractivity contribution >= 4 is 5.65 Å². The Bertz CT molecular complexity index is 897. The lowest BCUT2D eigenvalue weighted by molar-refractivity contribution is 0.350. The van der Waals surface area contributed by atoms with E-state index in [1.165, 1.54) is 9.08 Å². The topological polar surface area (TPSA) is 59.5 Å². The molecule has 5 heteroatoms. The molecule has 0 aliphatic heterocycles. The van der Waals surface area contributed by atoms with Crippen molar-refractivity contribution in [3.05, 3.63) is 70.3 Å². The van der Waals surface area contributed by atoms with Crippen LogP contribution in [0.3, 0.4) is 0 Å². The van der Waals surface area contributed by atoms with Crippen LogP contribution in [0, 0.1) is 11.8 Å². The van der Waals surface area contributed by atoms with Gasteiger partial charge in [-0.05, 0) is 23.8 Å². The van der Waals surface area contributed by atoms with Gasteiger partial charge >= 0.3 is 5.69 Å². The lowest BCUT2D eigenvalue weighted by Gasteiger charge is -2.03. The largest absolute Gasteiger partial charge is 0.384 e. The first-order chi connectivity index (χ1) is 10.3. The van der Waals surface area contributed by atoms with Crippen LogP contribution in [0.4, 0.5) is 0 Å². The quantitative estimate of drug-likeness (QED) is 0.709. The standard InChI is InChI=1S/C16H13N3O2/c20-11-5-8-13-6-1-2-7-14(13)12-19-16(21)18-10-4-3-9-15(18)17-19/h1-4,6-7,9-10,20H,11-12H2. The first kappa shape index (κ1) is 13.2. The Morgan fingerprint density at radius 2 is 1.95 bits per heavy atom. The van der Waals surface area contributed by atoms with Crippen LogP contribution in [0.15, 0.2) is 53.5 Å². The van der Waals surface area contributed by atoms with Gasteiger partial charge in [-0.15, -0.1) is 5.10 Å². The molecule has 1 N–H and O–H groups in total. The zero-order chi connectivity index (χ0) is 14.7. The van der Waals surface area contributed by atoms with Crippen LogP contribution >= 0.6 is 0 Å². The Morgan fingerprint density at radius 3 is 2.76 bits per heavy atom. The molecule has 0 radical (unpaired) electrons. The van der Waals surface area contributed by atoms with Gasteiger partial charge in [0, 0.05) is 11.8 Å². The molecule has 5 nitrogen and oxygen atoms in total. The minimum Gasteiger partial charge on any atom is -0.384 e. The summed E-state index contributed by atoms with van der Waals surface area (Å²) in [5.74, 6) is 5.51. The molecule has 3 aromatic rings. The molecule has 0 fully saturated rings. The molecule has 0 saturated carbocycles. The lowest BCUT2D eigenvalue weighted by atomic mass is 10.1. The van der Waals surface area contributed by atoms with Gasteiger partial charge in [0.2, 0.25) is 0 Å². The number of aliphatic hydroxyl groups excluding tert-OH is 1. The lowest BCUT2D eigenvalue weighted by Crippen LogP contribution is -2.21. The highest BCUT2D eigenvalue weighted by Crippen LogP contribution is 2.08. The molecule has 1 aromatic carbocycles. The summed E-state index contributed by atoms with van der Waals surface area (Å²) in [5.41, 5.74) is 2.11. The van der Waals surface area contributed by atoms with E-state index in [-0.39, 0.29) is 12.3 Å². The Balaban J connectivity index is 2.03. The maximum atomic E-state index is 12.2. The van der Waals surface area contributed by atoms with Crippen LogP contribution in [-0.4, -0.2) is 25.9 Å². The highest BCUT2D eigenvalue weighted by molar-refractivity contribution is 5.42. The molecule has 0 spiro atoms. The maximum absolute atomic E-state index is 12.2.